The van der Waals surface area contributed by atoms with Crippen molar-refractivity contribution in [3.05, 3.63) is 36.5 Å². The van der Waals surface area contributed by atoms with Gasteiger partial charge in [0.15, 0.2) is 0 Å². The minimum absolute atomic E-state index is 1.01. The monoisotopic (exact) mass is 174 g/mol. The predicted octanol–water partition coefficient (Wildman–Crippen LogP) is 2.59. The Morgan fingerprint density at radius 3 is 2.92 bits per heavy atom. The van der Waals surface area contributed by atoms with Gasteiger partial charge in [0.25, 0.3) is 0 Å². The number of para-hydroxylation sites is 1. The van der Waals surface area contributed by atoms with E-state index in [1.165, 1.54) is 10.9 Å². The van der Waals surface area contributed by atoms with Crippen molar-refractivity contribution < 1.29 is 0 Å². The van der Waals surface area contributed by atoms with Crippen LogP contribution in [0.4, 0.5) is 0 Å². The Kier molecular flexibility index (Phi) is 2.21. The molecule has 0 unspecified atom stereocenters. The van der Waals surface area contributed by atoms with Crippen molar-refractivity contribution in [3.63, 3.8) is 0 Å². The molecule has 1 heterocycles. The van der Waals surface area contributed by atoms with Crippen molar-refractivity contribution in [2.75, 3.05) is 12.0 Å². The lowest BCUT2D eigenvalue weighted by Gasteiger charge is -2.06. The molecule has 2 aromatic rings. The van der Waals surface area contributed by atoms with Crippen molar-refractivity contribution in [2.24, 2.45) is 0 Å². The zero-order valence-corrected chi connectivity index (χ0v) is 7.83. The average molecular weight is 174 g/mol. The highest BCUT2D eigenvalue weighted by Crippen LogP contribution is 2.13. The zero-order valence-electron chi connectivity index (χ0n) is 7.83. The first-order valence-electron chi connectivity index (χ1n) is 4.72. The van der Waals surface area contributed by atoms with Crippen LogP contribution in [0.25, 0.3) is 10.9 Å². The van der Waals surface area contributed by atoms with Crippen LogP contribution < -0.4 is 5.43 Å². The van der Waals surface area contributed by atoms with Gasteiger partial charge in [-0.05, 0) is 18.6 Å². The summed E-state index contributed by atoms with van der Waals surface area (Å²) in [7, 11) is 0. The molecule has 2 nitrogen and oxygen atoms in total. The van der Waals surface area contributed by atoms with Gasteiger partial charge in [-0.3, -0.25) is 4.68 Å². The van der Waals surface area contributed by atoms with Gasteiger partial charge in [-0.25, -0.2) is 0 Å². The van der Waals surface area contributed by atoms with Crippen molar-refractivity contribution >= 4 is 10.9 Å². The van der Waals surface area contributed by atoms with Crippen LogP contribution in [0.2, 0.25) is 0 Å². The second kappa shape index (κ2) is 3.52. The molecule has 2 heteroatoms. The molecule has 0 spiro atoms. The Morgan fingerprint density at radius 2 is 2.08 bits per heavy atom. The fraction of sp³-hybridized carbons (Fsp3) is 0.273. The van der Waals surface area contributed by atoms with Gasteiger partial charge in [0.2, 0.25) is 0 Å². The smallest absolute Gasteiger partial charge is 0.0692 e. The van der Waals surface area contributed by atoms with E-state index in [2.05, 4.69) is 53.6 Å². The largest absolute Gasteiger partial charge is 0.326 e. The maximum Gasteiger partial charge on any atom is 0.0692 e. The summed E-state index contributed by atoms with van der Waals surface area (Å²) < 4.78 is 2.08. The van der Waals surface area contributed by atoms with E-state index in [1.54, 1.807) is 0 Å². The number of benzene rings is 1. The number of hydrogen-bond donors (Lipinski definition) is 1. The molecule has 0 fully saturated rings. The summed E-state index contributed by atoms with van der Waals surface area (Å²) in [6.45, 7) is 3.18. The fourth-order valence-electron chi connectivity index (χ4n) is 1.45. The molecule has 68 valence electrons. The number of nitrogens with one attached hydrogen (secondary N) is 1. The third-order valence-corrected chi connectivity index (χ3v) is 2.13. The fourth-order valence-corrected chi connectivity index (χ4v) is 1.45. The summed E-state index contributed by atoms with van der Waals surface area (Å²) in [5, 5.41) is 1.28. The van der Waals surface area contributed by atoms with Gasteiger partial charge < -0.3 is 5.43 Å². The molecule has 0 aliphatic rings. The van der Waals surface area contributed by atoms with Crippen LogP contribution in [-0.4, -0.2) is 11.2 Å². The molecule has 1 N–H and O–H groups in total. The van der Waals surface area contributed by atoms with Crippen LogP contribution in [0.15, 0.2) is 36.5 Å². The number of fused-ring (bicyclic) bond motifs is 1. The Hall–Kier alpha value is -1.44. The minimum Gasteiger partial charge on any atom is -0.326 e. The van der Waals surface area contributed by atoms with Crippen LogP contribution in [0.3, 0.4) is 0 Å². The first-order valence-corrected chi connectivity index (χ1v) is 4.72. The molecule has 0 saturated heterocycles. The van der Waals surface area contributed by atoms with Crippen LogP contribution in [0.5, 0.6) is 0 Å². The quantitative estimate of drug-likeness (QED) is 0.756. The molecular formula is C11H14N2. The third-order valence-electron chi connectivity index (χ3n) is 2.13. The van der Waals surface area contributed by atoms with Gasteiger partial charge in [0, 0.05) is 18.1 Å². The van der Waals surface area contributed by atoms with Crippen LogP contribution in [0, 0.1) is 0 Å². The standard InChI is InChI=1S/C11H14N2/c1-2-8-12-13-9-7-10-5-3-4-6-11(10)13/h3-7,9,12H,2,8H2,1H3. The molecule has 2 rings (SSSR count). The normalized spacial score (nSPS) is 10.5. The Balaban J connectivity index is 2.35. The van der Waals surface area contributed by atoms with E-state index in [1.807, 2.05) is 0 Å². The van der Waals surface area contributed by atoms with E-state index in [0.29, 0.717) is 0 Å². The summed E-state index contributed by atoms with van der Waals surface area (Å²) in [5.74, 6) is 0. The average Bonchev–Trinajstić information content (AvgIpc) is 2.58. The summed E-state index contributed by atoms with van der Waals surface area (Å²) in [6, 6.07) is 10.5. The van der Waals surface area contributed by atoms with Gasteiger partial charge in [-0.2, -0.15) is 0 Å². The van der Waals surface area contributed by atoms with Crippen LogP contribution in [-0.2, 0) is 0 Å². The second-order valence-corrected chi connectivity index (χ2v) is 3.15. The van der Waals surface area contributed by atoms with E-state index in [0.717, 1.165) is 13.0 Å². The Bertz CT molecular complexity index is 390. The molecule has 13 heavy (non-hydrogen) atoms. The van der Waals surface area contributed by atoms with Gasteiger partial charge in [-0.15, -0.1) is 0 Å². The van der Waals surface area contributed by atoms with E-state index < -0.39 is 0 Å². The number of rotatable bonds is 3. The van der Waals surface area contributed by atoms with Crippen LogP contribution >= 0.6 is 0 Å². The van der Waals surface area contributed by atoms with Crippen molar-refractivity contribution in [3.8, 4) is 0 Å². The molecule has 1 aromatic heterocycles. The molecule has 0 aliphatic heterocycles. The topological polar surface area (TPSA) is 17.0 Å². The van der Waals surface area contributed by atoms with Crippen molar-refractivity contribution in [1.29, 1.82) is 0 Å². The number of nitrogens with zero attached hydrogens (tertiary/aromatic N) is 1. The van der Waals surface area contributed by atoms with E-state index in [4.69, 9.17) is 0 Å². The molecule has 0 radical (unpaired) electrons. The SMILES string of the molecule is CCCNn1ccc2ccccc21. The Labute approximate surface area is 78.1 Å². The molecule has 0 bridgehead atoms. The highest BCUT2D eigenvalue weighted by atomic mass is 15.4. The first-order chi connectivity index (χ1) is 6.42. The van der Waals surface area contributed by atoms with Gasteiger partial charge in [-0.1, -0.05) is 25.1 Å². The van der Waals surface area contributed by atoms with E-state index in [9.17, 15) is 0 Å². The predicted molar refractivity (Wildman–Crippen MR) is 56.5 cm³/mol. The molecule has 1 aromatic carbocycles. The second-order valence-electron chi connectivity index (χ2n) is 3.15. The van der Waals surface area contributed by atoms with Gasteiger partial charge >= 0.3 is 0 Å². The highest BCUT2D eigenvalue weighted by Gasteiger charge is 1.96. The summed E-state index contributed by atoms with van der Waals surface area (Å²) in [5.41, 5.74) is 4.58. The molecular weight excluding hydrogens is 160 g/mol. The zero-order chi connectivity index (χ0) is 9.10. The summed E-state index contributed by atoms with van der Waals surface area (Å²) >= 11 is 0. The molecule has 0 atom stereocenters. The van der Waals surface area contributed by atoms with E-state index in [-0.39, 0.29) is 0 Å². The van der Waals surface area contributed by atoms with Crippen molar-refractivity contribution in [2.45, 2.75) is 13.3 Å². The lowest BCUT2D eigenvalue weighted by atomic mass is 10.3. The summed E-state index contributed by atoms with van der Waals surface area (Å²) in [6.07, 6.45) is 3.22. The number of hydrogen-bond acceptors (Lipinski definition) is 1. The third kappa shape index (κ3) is 1.52. The van der Waals surface area contributed by atoms with Crippen LogP contribution in [0.1, 0.15) is 13.3 Å². The molecule has 0 aliphatic carbocycles. The highest BCUT2D eigenvalue weighted by molar-refractivity contribution is 5.80. The van der Waals surface area contributed by atoms with Gasteiger partial charge in [0.1, 0.15) is 0 Å². The van der Waals surface area contributed by atoms with Gasteiger partial charge in [0.05, 0.1) is 5.52 Å². The number of aromatic nitrogens is 1. The lowest BCUT2D eigenvalue weighted by molar-refractivity contribution is 0.832. The first kappa shape index (κ1) is 8.17. The van der Waals surface area contributed by atoms with Crippen molar-refractivity contribution in [1.82, 2.24) is 4.68 Å². The minimum atomic E-state index is 1.01. The summed E-state index contributed by atoms with van der Waals surface area (Å²) in [4.78, 5) is 0. The van der Waals surface area contributed by atoms with E-state index >= 15 is 0 Å². The maximum absolute atomic E-state index is 3.33. The molecule has 0 saturated carbocycles. The lowest BCUT2D eigenvalue weighted by Crippen LogP contribution is -2.13. The Morgan fingerprint density at radius 1 is 1.23 bits per heavy atom. The maximum atomic E-state index is 3.33. The molecule has 0 amide bonds.